The number of carboxylic acids is 1. The predicted octanol–water partition coefficient (Wildman–Crippen LogP) is 11.8. The highest BCUT2D eigenvalue weighted by atomic mass is 16.5. The van der Waals surface area contributed by atoms with E-state index in [1.54, 1.807) is 0 Å². The van der Waals surface area contributed by atoms with Crippen molar-refractivity contribution in [1.29, 1.82) is 0 Å². The van der Waals surface area contributed by atoms with Gasteiger partial charge in [-0.25, -0.2) is 0 Å². The smallest absolute Gasteiger partial charge is 0.322 e. The van der Waals surface area contributed by atoms with Crippen molar-refractivity contribution in [1.82, 2.24) is 5.32 Å². The van der Waals surface area contributed by atoms with Gasteiger partial charge in [0.05, 0.1) is 0 Å². The summed E-state index contributed by atoms with van der Waals surface area (Å²) >= 11 is 0. The second-order valence-electron chi connectivity index (χ2n) is 13.5. The average molecular weight is 650 g/mol. The highest BCUT2D eigenvalue weighted by Gasteiger charge is 2.12. The lowest BCUT2D eigenvalue weighted by atomic mass is 10.0. The molecule has 1 unspecified atom stereocenters. The van der Waals surface area contributed by atoms with Crippen LogP contribution in [-0.4, -0.2) is 35.6 Å². The highest BCUT2D eigenvalue weighted by Crippen LogP contribution is 2.16. The summed E-state index contributed by atoms with van der Waals surface area (Å²) in [6.07, 6.45) is 40.6. The maximum Gasteiger partial charge on any atom is 0.322 e. The number of aliphatic carboxylic acids is 1. The lowest BCUT2D eigenvalue weighted by Crippen LogP contribution is -2.28. The second-order valence-corrected chi connectivity index (χ2v) is 13.5. The Morgan fingerprint density at radius 3 is 1.46 bits per heavy atom. The largest absolute Gasteiger partial charge is 0.480 e. The Morgan fingerprint density at radius 2 is 0.978 bits per heavy atom. The standard InChI is InChI=1S/C40H75NO5/c1-3-5-7-9-11-13-14-15-16-17-18-19-20-21-23-25-31-35-40(45)46-37(32-28-24-22-12-10-8-6-4-2)33-29-26-27-30-34-38(42)41-36-39(43)44/h28,32,37H,3-27,29-31,33-36H2,1-2H3,(H,41,42)(H,43,44)/b32-28-. The summed E-state index contributed by atoms with van der Waals surface area (Å²) in [5.41, 5.74) is 0. The van der Waals surface area contributed by atoms with Crippen LogP contribution in [0.3, 0.4) is 0 Å². The Kier molecular flexibility index (Phi) is 34.5. The van der Waals surface area contributed by atoms with Gasteiger partial charge in [0.25, 0.3) is 0 Å². The van der Waals surface area contributed by atoms with E-state index >= 15 is 0 Å². The normalized spacial score (nSPS) is 12.0. The zero-order valence-corrected chi connectivity index (χ0v) is 30.4. The molecule has 0 fully saturated rings. The molecule has 0 aliphatic rings. The van der Waals surface area contributed by atoms with Crippen molar-refractivity contribution in [3.63, 3.8) is 0 Å². The van der Waals surface area contributed by atoms with Gasteiger partial charge in [-0.05, 0) is 44.6 Å². The number of nitrogens with one attached hydrogen (secondary N) is 1. The van der Waals surface area contributed by atoms with Crippen LogP contribution in [-0.2, 0) is 19.1 Å². The van der Waals surface area contributed by atoms with Crippen LogP contribution < -0.4 is 5.32 Å². The third-order valence-corrected chi connectivity index (χ3v) is 8.92. The van der Waals surface area contributed by atoms with Gasteiger partial charge in [0.1, 0.15) is 12.6 Å². The maximum absolute atomic E-state index is 12.6. The summed E-state index contributed by atoms with van der Waals surface area (Å²) in [4.78, 5) is 34.9. The van der Waals surface area contributed by atoms with Crippen LogP contribution in [0.5, 0.6) is 0 Å². The third kappa shape index (κ3) is 35.0. The zero-order chi connectivity index (χ0) is 33.8. The van der Waals surface area contributed by atoms with Crippen LogP contribution in [0.2, 0.25) is 0 Å². The van der Waals surface area contributed by atoms with Crippen LogP contribution in [0.15, 0.2) is 12.2 Å². The Balaban J connectivity index is 4.04. The Bertz CT molecular complexity index is 722. The van der Waals surface area contributed by atoms with E-state index in [4.69, 9.17) is 9.84 Å². The van der Waals surface area contributed by atoms with Gasteiger partial charge < -0.3 is 15.2 Å². The Morgan fingerprint density at radius 1 is 0.565 bits per heavy atom. The van der Waals surface area contributed by atoms with Crippen molar-refractivity contribution in [2.75, 3.05) is 6.54 Å². The van der Waals surface area contributed by atoms with Crippen molar-refractivity contribution < 1.29 is 24.2 Å². The number of allylic oxidation sites excluding steroid dienone is 1. The van der Waals surface area contributed by atoms with Gasteiger partial charge in [-0.3, -0.25) is 14.4 Å². The van der Waals surface area contributed by atoms with Crippen molar-refractivity contribution in [2.45, 2.75) is 219 Å². The molecule has 0 rings (SSSR count). The molecular formula is C40H75NO5. The second kappa shape index (κ2) is 36.0. The third-order valence-electron chi connectivity index (χ3n) is 8.92. The van der Waals surface area contributed by atoms with Crippen LogP contribution in [0.1, 0.15) is 213 Å². The topological polar surface area (TPSA) is 92.7 Å². The SMILES string of the molecule is CCCCCCCC/C=C\C(CCCCCCC(=O)NCC(=O)O)OC(=O)CCCCCCCCCCCCCCCCCCC. The number of amides is 1. The molecule has 0 aromatic carbocycles. The van der Waals surface area contributed by atoms with Crippen LogP contribution in [0, 0.1) is 0 Å². The molecular weight excluding hydrogens is 574 g/mol. The van der Waals surface area contributed by atoms with Gasteiger partial charge in [0.2, 0.25) is 5.91 Å². The van der Waals surface area contributed by atoms with Gasteiger partial charge in [0.15, 0.2) is 0 Å². The lowest BCUT2D eigenvalue weighted by Gasteiger charge is -2.15. The summed E-state index contributed by atoms with van der Waals surface area (Å²) in [6, 6.07) is 0. The average Bonchev–Trinajstić information content (AvgIpc) is 3.04. The molecule has 0 saturated carbocycles. The van der Waals surface area contributed by atoms with E-state index < -0.39 is 5.97 Å². The molecule has 1 amide bonds. The molecule has 0 saturated heterocycles. The summed E-state index contributed by atoms with van der Waals surface area (Å²) in [5, 5.41) is 11.1. The van der Waals surface area contributed by atoms with E-state index in [0.717, 1.165) is 51.4 Å². The molecule has 0 bridgehead atoms. The molecule has 0 heterocycles. The van der Waals surface area contributed by atoms with E-state index in [1.165, 1.54) is 135 Å². The van der Waals surface area contributed by atoms with Crippen molar-refractivity contribution >= 4 is 17.8 Å². The van der Waals surface area contributed by atoms with Crippen molar-refractivity contribution in [2.24, 2.45) is 0 Å². The number of carbonyl (C=O) groups excluding carboxylic acids is 2. The van der Waals surface area contributed by atoms with Gasteiger partial charge in [-0.2, -0.15) is 0 Å². The minimum Gasteiger partial charge on any atom is -0.480 e. The first-order valence-electron chi connectivity index (χ1n) is 19.8. The summed E-state index contributed by atoms with van der Waals surface area (Å²) < 4.78 is 5.89. The Labute approximate surface area is 284 Å². The molecule has 2 N–H and O–H groups in total. The molecule has 1 atom stereocenters. The number of carboxylic acid groups (broad SMARTS) is 1. The number of ether oxygens (including phenoxy) is 1. The molecule has 6 nitrogen and oxygen atoms in total. The fourth-order valence-electron chi connectivity index (χ4n) is 5.95. The molecule has 0 aromatic rings. The monoisotopic (exact) mass is 650 g/mol. The minimum absolute atomic E-state index is 0.0784. The van der Waals surface area contributed by atoms with E-state index in [0.29, 0.717) is 12.8 Å². The van der Waals surface area contributed by atoms with E-state index in [1.807, 2.05) is 0 Å². The van der Waals surface area contributed by atoms with Crippen LogP contribution in [0.4, 0.5) is 0 Å². The van der Waals surface area contributed by atoms with Crippen LogP contribution in [0.25, 0.3) is 0 Å². The van der Waals surface area contributed by atoms with Crippen molar-refractivity contribution in [3.05, 3.63) is 12.2 Å². The number of hydrogen-bond donors (Lipinski definition) is 2. The summed E-state index contributed by atoms with van der Waals surface area (Å²) in [7, 11) is 0. The molecule has 6 heteroatoms. The highest BCUT2D eigenvalue weighted by molar-refractivity contribution is 5.80. The molecule has 46 heavy (non-hydrogen) atoms. The van der Waals surface area contributed by atoms with E-state index in [2.05, 4.69) is 31.3 Å². The van der Waals surface area contributed by atoms with Gasteiger partial charge in [-0.1, -0.05) is 168 Å². The van der Waals surface area contributed by atoms with Crippen LogP contribution >= 0.6 is 0 Å². The van der Waals surface area contributed by atoms with Gasteiger partial charge in [0, 0.05) is 12.8 Å². The lowest BCUT2D eigenvalue weighted by molar-refractivity contribution is -0.147. The van der Waals surface area contributed by atoms with Gasteiger partial charge in [-0.15, -0.1) is 0 Å². The molecule has 0 radical (unpaired) electrons. The van der Waals surface area contributed by atoms with E-state index in [9.17, 15) is 14.4 Å². The minimum atomic E-state index is -1.02. The van der Waals surface area contributed by atoms with Crippen molar-refractivity contribution in [3.8, 4) is 0 Å². The molecule has 0 aromatic heterocycles. The summed E-state index contributed by atoms with van der Waals surface area (Å²) in [6.45, 7) is 4.20. The fourth-order valence-corrected chi connectivity index (χ4v) is 5.95. The maximum atomic E-state index is 12.6. The first kappa shape index (κ1) is 44.1. The number of hydrogen-bond acceptors (Lipinski definition) is 4. The number of carbonyl (C=O) groups is 3. The number of rotatable bonds is 36. The first-order valence-corrected chi connectivity index (χ1v) is 19.8. The summed E-state index contributed by atoms with van der Waals surface area (Å²) in [5.74, 6) is -1.31. The predicted molar refractivity (Wildman–Crippen MR) is 194 cm³/mol. The molecule has 0 aliphatic heterocycles. The number of esters is 1. The first-order chi connectivity index (χ1) is 22.5. The zero-order valence-electron chi connectivity index (χ0n) is 30.4. The quantitative estimate of drug-likeness (QED) is 0.0400. The molecule has 270 valence electrons. The van der Waals surface area contributed by atoms with E-state index in [-0.39, 0.29) is 24.5 Å². The fraction of sp³-hybridized carbons (Fsp3) is 0.875. The molecule has 0 spiro atoms. The Hall–Kier alpha value is -1.85. The van der Waals surface area contributed by atoms with Gasteiger partial charge >= 0.3 is 11.9 Å². The molecule has 0 aliphatic carbocycles. The number of unbranched alkanes of at least 4 members (excludes halogenated alkanes) is 25.